The maximum absolute atomic E-state index is 12.4. The van der Waals surface area contributed by atoms with E-state index in [0.717, 1.165) is 54.8 Å². The molecule has 0 saturated heterocycles. The van der Waals surface area contributed by atoms with E-state index in [1.54, 1.807) is 0 Å². The van der Waals surface area contributed by atoms with Gasteiger partial charge >= 0.3 is 5.97 Å². The molecule has 0 N–H and O–H groups in total. The second-order valence-electron chi connectivity index (χ2n) is 9.78. The van der Waals surface area contributed by atoms with Gasteiger partial charge in [0.1, 0.15) is 23.7 Å². The number of hydrogen-bond acceptors (Lipinski definition) is 4. The van der Waals surface area contributed by atoms with Crippen LogP contribution in [0.1, 0.15) is 52.0 Å². The Bertz CT molecular complexity index is 1010. The van der Waals surface area contributed by atoms with Crippen molar-refractivity contribution in [3.63, 3.8) is 0 Å². The van der Waals surface area contributed by atoms with Crippen molar-refractivity contribution in [2.75, 3.05) is 40.0 Å². The molecule has 36 heavy (non-hydrogen) atoms. The molecule has 0 aromatic heterocycles. The molecule has 5 nitrogen and oxygen atoms in total. The number of benzene rings is 2. The highest BCUT2D eigenvalue weighted by molar-refractivity contribution is 5.89. The topological polar surface area (TPSA) is 44.8 Å². The summed E-state index contributed by atoms with van der Waals surface area (Å²) in [7, 11) is 1.45. The molecule has 0 amide bonds. The second-order valence-corrected chi connectivity index (χ2v) is 9.78. The van der Waals surface area contributed by atoms with Crippen molar-refractivity contribution in [2.45, 2.75) is 46.5 Å². The minimum Gasteiger partial charge on any atom is -0.491 e. The van der Waals surface area contributed by atoms with Crippen LogP contribution in [0.15, 0.2) is 72.3 Å². The average molecular weight is 493 g/mol. The molecule has 2 aromatic rings. The SMILES string of the molecule is CCCCOCCOc1ccc(C2=CC=C(C(=O)OC)CCC[N+]2(CC(C)C)c2ccccc2)cc1. The Morgan fingerprint density at radius 1 is 0.972 bits per heavy atom. The molecule has 5 heteroatoms. The van der Waals surface area contributed by atoms with Crippen LogP contribution in [0.5, 0.6) is 5.75 Å². The molecular weight excluding hydrogens is 450 g/mol. The maximum Gasteiger partial charge on any atom is 0.333 e. The Balaban J connectivity index is 1.97. The smallest absolute Gasteiger partial charge is 0.333 e. The van der Waals surface area contributed by atoms with Crippen molar-refractivity contribution in [2.24, 2.45) is 5.92 Å². The minimum atomic E-state index is -0.251. The summed E-state index contributed by atoms with van der Waals surface area (Å²) < 4.78 is 17.3. The monoisotopic (exact) mass is 492 g/mol. The molecule has 0 aliphatic carbocycles. The van der Waals surface area contributed by atoms with Crippen molar-refractivity contribution < 1.29 is 19.0 Å². The van der Waals surface area contributed by atoms with E-state index < -0.39 is 0 Å². The molecule has 1 unspecified atom stereocenters. The van der Waals surface area contributed by atoms with E-state index in [4.69, 9.17) is 14.2 Å². The molecule has 1 aliphatic heterocycles. The number of esters is 1. The highest BCUT2D eigenvalue weighted by Crippen LogP contribution is 2.38. The average Bonchev–Trinajstić information content (AvgIpc) is 2.88. The molecule has 0 spiro atoms. The molecule has 0 radical (unpaired) electrons. The Hall–Kier alpha value is -2.89. The standard InChI is InChI=1S/C31H42NO4/c1-5-6-21-35-22-23-36-29-17-14-26(15-18-29)30-19-16-27(31(33)34-4)11-10-20-32(30,24-25(2)3)28-12-8-7-9-13-28/h7-9,12-19,25H,5-6,10-11,20-24H2,1-4H3/q+1. The van der Waals surface area contributed by atoms with Crippen molar-refractivity contribution in [3.8, 4) is 5.75 Å². The number of allylic oxidation sites excluding steroid dienone is 2. The van der Waals surface area contributed by atoms with Gasteiger partial charge in [-0.05, 0) is 55.3 Å². The highest BCUT2D eigenvalue weighted by atomic mass is 16.5. The number of rotatable bonds is 12. The van der Waals surface area contributed by atoms with Gasteiger partial charge in [0.15, 0.2) is 0 Å². The van der Waals surface area contributed by atoms with Gasteiger partial charge in [0, 0.05) is 36.2 Å². The van der Waals surface area contributed by atoms with Crippen LogP contribution in [0.25, 0.3) is 5.70 Å². The lowest BCUT2D eigenvalue weighted by Crippen LogP contribution is -2.51. The van der Waals surface area contributed by atoms with Crippen LogP contribution in [0.2, 0.25) is 0 Å². The van der Waals surface area contributed by atoms with E-state index in [1.807, 2.05) is 18.2 Å². The fourth-order valence-corrected chi connectivity index (χ4v) is 4.90. The Kier molecular flexibility index (Phi) is 10.8. The zero-order chi connectivity index (χ0) is 25.8. The van der Waals surface area contributed by atoms with E-state index in [2.05, 4.69) is 69.3 Å². The zero-order valence-electron chi connectivity index (χ0n) is 22.4. The molecule has 0 saturated carbocycles. The Morgan fingerprint density at radius 3 is 2.39 bits per heavy atom. The number of nitrogens with zero attached hydrogens (tertiary/aromatic N) is 1. The van der Waals surface area contributed by atoms with Gasteiger partial charge in [-0.3, -0.25) is 4.48 Å². The predicted molar refractivity (Wildman–Crippen MR) is 148 cm³/mol. The fraction of sp³-hybridized carbons (Fsp3) is 0.452. The van der Waals surface area contributed by atoms with Gasteiger partial charge in [-0.25, -0.2) is 4.79 Å². The summed E-state index contributed by atoms with van der Waals surface area (Å²) >= 11 is 0. The van der Waals surface area contributed by atoms with Crippen molar-refractivity contribution in [1.29, 1.82) is 0 Å². The van der Waals surface area contributed by atoms with E-state index in [0.29, 0.717) is 31.1 Å². The zero-order valence-corrected chi connectivity index (χ0v) is 22.4. The van der Waals surface area contributed by atoms with Crippen LogP contribution in [-0.2, 0) is 14.3 Å². The minimum absolute atomic E-state index is 0.251. The number of carbonyl (C=O) groups excluding carboxylic acids is 1. The molecule has 0 bridgehead atoms. The predicted octanol–water partition coefficient (Wildman–Crippen LogP) is 6.78. The summed E-state index contributed by atoms with van der Waals surface area (Å²) in [5.41, 5.74) is 4.27. The Morgan fingerprint density at radius 2 is 1.72 bits per heavy atom. The first kappa shape index (κ1) is 27.7. The van der Waals surface area contributed by atoms with Crippen molar-refractivity contribution >= 4 is 17.4 Å². The van der Waals surface area contributed by atoms with E-state index in [1.165, 1.54) is 18.5 Å². The lowest BCUT2D eigenvalue weighted by molar-refractivity contribution is -0.136. The third-order valence-electron chi connectivity index (χ3n) is 6.55. The van der Waals surface area contributed by atoms with Crippen molar-refractivity contribution in [3.05, 3.63) is 77.9 Å². The Labute approximate surface area is 217 Å². The van der Waals surface area contributed by atoms with Gasteiger partial charge in [-0.2, -0.15) is 0 Å². The summed E-state index contributed by atoms with van der Waals surface area (Å²) in [6, 6.07) is 19.0. The summed E-state index contributed by atoms with van der Waals surface area (Å²) in [5, 5.41) is 0. The molecule has 2 aromatic carbocycles. The molecule has 1 atom stereocenters. The van der Waals surface area contributed by atoms with Crippen LogP contribution < -0.4 is 9.22 Å². The first-order valence-electron chi connectivity index (χ1n) is 13.2. The van der Waals surface area contributed by atoms with Crippen molar-refractivity contribution in [1.82, 2.24) is 4.48 Å². The third-order valence-corrected chi connectivity index (χ3v) is 6.55. The molecule has 1 aliphatic rings. The van der Waals surface area contributed by atoms with Gasteiger partial charge in [-0.1, -0.05) is 45.4 Å². The van der Waals surface area contributed by atoms with Gasteiger partial charge in [-0.15, -0.1) is 0 Å². The summed E-state index contributed by atoms with van der Waals surface area (Å²) in [6.45, 7) is 10.5. The molecule has 0 fully saturated rings. The van der Waals surface area contributed by atoms with Crippen LogP contribution in [0, 0.1) is 5.92 Å². The summed E-state index contributed by atoms with van der Waals surface area (Å²) in [5.74, 6) is 1.06. The number of methoxy groups -OCH3 is 1. The fourth-order valence-electron chi connectivity index (χ4n) is 4.90. The van der Waals surface area contributed by atoms with Gasteiger partial charge < -0.3 is 14.2 Å². The summed E-state index contributed by atoms with van der Waals surface area (Å²) in [4.78, 5) is 12.4. The molecule has 3 rings (SSSR count). The van der Waals surface area contributed by atoms with Crippen LogP contribution in [-0.4, -0.2) is 46.0 Å². The van der Waals surface area contributed by atoms with Gasteiger partial charge in [0.25, 0.3) is 0 Å². The maximum atomic E-state index is 12.4. The lowest BCUT2D eigenvalue weighted by Gasteiger charge is -2.41. The van der Waals surface area contributed by atoms with Gasteiger partial charge in [0.2, 0.25) is 0 Å². The first-order valence-corrected chi connectivity index (χ1v) is 13.2. The quantitative estimate of drug-likeness (QED) is 0.186. The molecule has 194 valence electrons. The number of hydrogen-bond donors (Lipinski definition) is 0. The highest BCUT2D eigenvalue weighted by Gasteiger charge is 2.37. The number of quaternary nitrogens is 1. The van der Waals surface area contributed by atoms with Gasteiger partial charge in [0.05, 0.1) is 26.8 Å². The molecular formula is C31H42NO4+. The van der Waals surface area contributed by atoms with E-state index >= 15 is 0 Å². The number of unbranched alkanes of at least 4 members (excludes halogenated alkanes) is 1. The largest absolute Gasteiger partial charge is 0.491 e. The van der Waals surface area contributed by atoms with E-state index in [-0.39, 0.29) is 5.97 Å². The number of para-hydroxylation sites is 1. The number of carbonyl (C=O) groups is 1. The number of ether oxygens (including phenoxy) is 3. The first-order chi connectivity index (χ1) is 17.5. The van der Waals surface area contributed by atoms with Crippen LogP contribution in [0.4, 0.5) is 5.69 Å². The van der Waals surface area contributed by atoms with E-state index in [9.17, 15) is 4.79 Å². The second kappa shape index (κ2) is 14.0. The normalized spacial score (nSPS) is 18.1. The molecule has 1 heterocycles. The summed E-state index contributed by atoms with van der Waals surface area (Å²) in [6.07, 6.45) is 7.88. The third kappa shape index (κ3) is 7.31. The van der Waals surface area contributed by atoms with Crippen LogP contribution >= 0.6 is 0 Å². The van der Waals surface area contributed by atoms with Crippen LogP contribution in [0.3, 0.4) is 0 Å². The lowest BCUT2D eigenvalue weighted by atomic mass is 9.97.